The fraction of sp³-hybridized carbons (Fsp3) is 0.357. The molecule has 0 bridgehead atoms. The molecule has 0 unspecified atom stereocenters. The van der Waals surface area contributed by atoms with E-state index in [0.29, 0.717) is 11.4 Å². The number of rotatable bonds is 5. The lowest BCUT2D eigenvalue weighted by molar-refractivity contribution is 0.301. The Hall–Kier alpha value is -1.77. The van der Waals surface area contributed by atoms with Crippen LogP contribution < -0.4 is 5.73 Å². The minimum atomic E-state index is 0.381. The molecule has 0 spiro atoms. The highest BCUT2D eigenvalue weighted by Gasteiger charge is 2.02. The largest absolute Gasteiger partial charge is 0.497 e. The number of methoxy groups -OCH3 is 1. The van der Waals surface area contributed by atoms with Crippen molar-refractivity contribution >= 4 is 5.71 Å². The second kappa shape index (κ2) is 6.74. The first-order chi connectivity index (χ1) is 7.81. The lowest BCUT2D eigenvalue weighted by Crippen LogP contribution is -2.09. The van der Waals surface area contributed by atoms with Gasteiger partial charge in [0.1, 0.15) is 5.76 Å². The Kier molecular flexibility index (Phi) is 6.03. The van der Waals surface area contributed by atoms with E-state index in [1.807, 2.05) is 32.9 Å². The average molecular weight is 234 g/mol. The fourth-order valence-corrected chi connectivity index (χ4v) is 1.20. The first-order valence-electron chi connectivity index (χ1n) is 5.42. The van der Waals surface area contributed by atoms with Crippen molar-refractivity contribution in [3.63, 3.8) is 0 Å². The van der Waals surface area contributed by atoms with E-state index < -0.39 is 0 Å². The van der Waals surface area contributed by atoms with Gasteiger partial charge in [-0.25, -0.2) is 0 Å². The van der Waals surface area contributed by atoms with E-state index in [0.717, 1.165) is 22.5 Å². The number of allylic oxidation sites excluding steroid dienone is 6. The zero-order chi connectivity index (χ0) is 13.6. The van der Waals surface area contributed by atoms with Gasteiger partial charge in [0, 0.05) is 0 Å². The predicted molar refractivity (Wildman–Crippen MR) is 74.0 cm³/mol. The zero-order valence-electron chi connectivity index (χ0n) is 11.3. The Bertz CT molecular complexity index is 412. The summed E-state index contributed by atoms with van der Waals surface area (Å²) in [5.74, 6) is 0.738. The molecule has 0 aromatic carbocycles. The molecule has 3 N–H and O–H groups in total. The Morgan fingerprint density at radius 1 is 1.18 bits per heavy atom. The van der Waals surface area contributed by atoms with Crippen molar-refractivity contribution in [2.45, 2.75) is 27.7 Å². The van der Waals surface area contributed by atoms with Gasteiger partial charge in [0.15, 0.2) is 0 Å². The van der Waals surface area contributed by atoms with Crippen LogP contribution in [0, 0.1) is 5.41 Å². The monoisotopic (exact) mass is 234 g/mol. The topological polar surface area (TPSA) is 59.1 Å². The molecule has 0 radical (unpaired) electrons. The zero-order valence-corrected chi connectivity index (χ0v) is 11.3. The molecular formula is C14H22N2O. The molecule has 17 heavy (non-hydrogen) atoms. The predicted octanol–water partition coefficient (Wildman–Crippen LogP) is 3.31. The van der Waals surface area contributed by atoms with Crippen LogP contribution in [0.15, 0.2) is 46.9 Å². The second-order valence-electron chi connectivity index (χ2n) is 4.03. The number of nitrogens with two attached hydrogens (primary N) is 1. The van der Waals surface area contributed by atoms with E-state index in [4.69, 9.17) is 15.9 Å². The van der Waals surface area contributed by atoms with Crippen LogP contribution in [0.25, 0.3) is 0 Å². The molecule has 0 fully saturated rings. The molecule has 0 aliphatic heterocycles. The van der Waals surface area contributed by atoms with Gasteiger partial charge in [0.05, 0.1) is 18.5 Å². The Balaban J connectivity index is 5.19. The number of hydrogen-bond donors (Lipinski definition) is 2. The summed E-state index contributed by atoms with van der Waals surface area (Å²) in [6, 6.07) is 0. The van der Waals surface area contributed by atoms with Crippen molar-refractivity contribution in [2.24, 2.45) is 5.73 Å². The lowest BCUT2D eigenvalue weighted by Gasteiger charge is -2.07. The maximum absolute atomic E-state index is 7.48. The Labute approximate surface area is 104 Å². The summed E-state index contributed by atoms with van der Waals surface area (Å²) in [6.07, 6.45) is 3.77. The van der Waals surface area contributed by atoms with Gasteiger partial charge in [0.2, 0.25) is 0 Å². The van der Waals surface area contributed by atoms with Crippen molar-refractivity contribution in [2.75, 3.05) is 7.11 Å². The van der Waals surface area contributed by atoms with E-state index >= 15 is 0 Å². The summed E-state index contributed by atoms with van der Waals surface area (Å²) in [5, 5.41) is 7.48. The van der Waals surface area contributed by atoms with Gasteiger partial charge in [-0.2, -0.15) is 0 Å². The van der Waals surface area contributed by atoms with E-state index in [2.05, 4.69) is 6.58 Å². The first-order valence-corrected chi connectivity index (χ1v) is 5.42. The third-order valence-electron chi connectivity index (χ3n) is 2.52. The minimum Gasteiger partial charge on any atom is -0.497 e. The van der Waals surface area contributed by atoms with Crippen LogP contribution in [0.4, 0.5) is 0 Å². The lowest BCUT2D eigenvalue weighted by atomic mass is 10.0. The van der Waals surface area contributed by atoms with Gasteiger partial charge in [-0.15, -0.1) is 0 Å². The summed E-state index contributed by atoms with van der Waals surface area (Å²) in [5.41, 5.74) is 9.48. The van der Waals surface area contributed by atoms with Gasteiger partial charge in [0.25, 0.3) is 0 Å². The van der Waals surface area contributed by atoms with E-state index in [-0.39, 0.29) is 0 Å². The first kappa shape index (κ1) is 15.2. The van der Waals surface area contributed by atoms with Crippen molar-refractivity contribution in [3.8, 4) is 0 Å². The van der Waals surface area contributed by atoms with Crippen LogP contribution in [-0.2, 0) is 4.74 Å². The summed E-state index contributed by atoms with van der Waals surface area (Å²) in [7, 11) is 1.61. The number of ether oxygens (including phenoxy) is 1. The van der Waals surface area contributed by atoms with E-state index in [1.54, 1.807) is 14.0 Å². The second-order valence-corrected chi connectivity index (χ2v) is 4.03. The molecule has 0 aromatic heterocycles. The van der Waals surface area contributed by atoms with Crippen LogP contribution in [-0.4, -0.2) is 12.8 Å². The highest BCUT2D eigenvalue weighted by atomic mass is 16.5. The molecule has 0 atom stereocenters. The van der Waals surface area contributed by atoms with Crippen molar-refractivity contribution in [3.05, 3.63) is 46.9 Å². The number of hydrogen-bond acceptors (Lipinski definition) is 3. The molecule has 0 aliphatic carbocycles. The standard InChI is InChI=1S/C14H22N2O/c1-9(2)13(17-6)8-7-10(3)11(4)14(16)12(5)15/h7-8,15H,1,16H2,2-6H3/b10-7+,13-8+,14-11-,15-12?. The van der Waals surface area contributed by atoms with Gasteiger partial charge >= 0.3 is 0 Å². The molecule has 0 rings (SSSR count). The van der Waals surface area contributed by atoms with Crippen molar-refractivity contribution in [1.82, 2.24) is 0 Å². The van der Waals surface area contributed by atoms with E-state index in [9.17, 15) is 0 Å². The van der Waals surface area contributed by atoms with E-state index in [1.165, 1.54) is 0 Å². The quantitative estimate of drug-likeness (QED) is 0.435. The van der Waals surface area contributed by atoms with Crippen LogP contribution >= 0.6 is 0 Å². The van der Waals surface area contributed by atoms with Crippen LogP contribution in [0.3, 0.4) is 0 Å². The van der Waals surface area contributed by atoms with Crippen LogP contribution in [0.2, 0.25) is 0 Å². The van der Waals surface area contributed by atoms with Crippen molar-refractivity contribution in [1.29, 1.82) is 5.41 Å². The summed E-state index contributed by atoms with van der Waals surface area (Å²) in [6.45, 7) is 11.2. The highest BCUT2D eigenvalue weighted by molar-refractivity contribution is 5.96. The maximum Gasteiger partial charge on any atom is 0.121 e. The average Bonchev–Trinajstić information content (AvgIpc) is 2.26. The molecule has 0 saturated heterocycles. The third-order valence-corrected chi connectivity index (χ3v) is 2.52. The fourth-order valence-electron chi connectivity index (χ4n) is 1.20. The molecule has 0 heterocycles. The SMILES string of the molecule is C=C(C)\C(=C/C=C(C)/C(C)=C(\N)C(C)=N)OC. The van der Waals surface area contributed by atoms with Gasteiger partial charge < -0.3 is 15.9 Å². The van der Waals surface area contributed by atoms with Crippen LogP contribution in [0.1, 0.15) is 27.7 Å². The molecule has 0 aliphatic rings. The molecule has 94 valence electrons. The third kappa shape index (κ3) is 4.72. The highest BCUT2D eigenvalue weighted by Crippen LogP contribution is 2.14. The molecule has 0 amide bonds. The maximum atomic E-state index is 7.48. The normalized spacial score (nSPS) is 14.2. The van der Waals surface area contributed by atoms with Gasteiger partial charge in [-0.05, 0) is 50.5 Å². The minimum absolute atomic E-state index is 0.381. The smallest absolute Gasteiger partial charge is 0.121 e. The summed E-state index contributed by atoms with van der Waals surface area (Å²) < 4.78 is 5.18. The molecule has 3 nitrogen and oxygen atoms in total. The number of nitrogens with one attached hydrogen (secondary N) is 1. The van der Waals surface area contributed by atoms with Crippen molar-refractivity contribution < 1.29 is 4.74 Å². The molecule has 3 heteroatoms. The van der Waals surface area contributed by atoms with Gasteiger partial charge in [-0.1, -0.05) is 12.7 Å². The van der Waals surface area contributed by atoms with Crippen LogP contribution in [0.5, 0.6) is 0 Å². The summed E-state index contributed by atoms with van der Waals surface area (Å²) >= 11 is 0. The molecule has 0 aromatic rings. The molecule has 0 saturated carbocycles. The Morgan fingerprint density at radius 3 is 2.06 bits per heavy atom. The van der Waals surface area contributed by atoms with Gasteiger partial charge in [-0.3, -0.25) is 0 Å². The summed E-state index contributed by atoms with van der Waals surface area (Å²) in [4.78, 5) is 0. The molecular weight excluding hydrogens is 212 g/mol. The Morgan fingerprint density at radius 2 is 1.71 bits per heavy atom.